The zero-order chi connectivity index (χ0) is 33.2. The van der Waals surface area contributed by atoms with Gasteiger partial charge in [0.2, 0.25) is 0 Å². The summed E-state index contributed by atoms with van der Waals surface area (Å²) < 4.78 is 16.8. The molecule has 47 heavy (non-hydrogen) atoms. The Labute approximate surface area is 275 Å². The first-order valence-corrected chi connectivity index (χ1v) is 16.3. The Bertz CT molecular complexity index is 1820. The molecule has 0 bridgehead atoms. The van der Waals surface area contributed by atoms with Gasteiger partial charge in [0.25, 0.3) is 11.5 Å². The normalized spacial score (nSPS) is 17.8. The molecule has 0 atom stereocenters. The van der Waals surface area contributed by atoms with Gasteiger partial charge in [0.05, 0.1) is 17.9 Å². The minimum atomic E-state index is -0.488. The summed E-state index contributed by atoms with van der Waals surface area (Å²) in [5, 5.41) is 13.7. The number of hydrogen-bond donors (Lipinski definition) is 2. The van der Waals surface area contributed by atoms with Gasteiger partial charge in [-0.25, -0.2) is 9.38 Å². The predicted octanol–water partition coefficient (Wildman–Crippen LogP) is 4.91. The monoisotopic (exact) mass is 638 g/mol. The number of allylic oxidation sites excluding steroid dienone is 1. The minimum absolute atomic E-state index is 0.104. The number of anilines is 2. The molecule has 1 aliphatic carbocycles. The second-order valence-corrected chi connectivity index (χ2v) is 12.8. The molecule has 0 unspecified atom stereocenters. The van der Waals surface area contributed by atoms with Crippen LogP contribution in [0.5, 0.6) is 0 Å². The van der Waals surface area contributed by atoms with E-state index in [-0.39, 0.29) is 23.4 Å². The third-order valence-electron chi connectivity index (χ3n) is 9.44. The van der Waals surface area contributed by atoms with Crippen LogP contribution in [0.2, 0.25) is 0 Å². The van der Waals surface area contributed by atoms with Gasteiger partial charge in [-0.2, -0.15) is 0 Å². The van der Waals surface area contributed by atoms with Crippen molar-refractivity contribution in [2.45, 2.75) is 38.7 Å². The molecule has 1 saturated heterocycles. The molecule has 2 N–H and O–H groups in total. The van der Waals surface area contributed by atoms with E-state index in [1.807, 2.05) is 25.1 Å². The highest BCUT2D eigenvalue weighted by Crippen LogP contribution is 2.42. The summed E-state index contributed by atoms with van der Waals surface area (Å²) in [4.78, 5) is 37.6. The largest absolute Gasteiger partial charge is 0.392 e. The number of carbonyl (C=O) groups is 1. The van der Waals surface area contributed by atoms with Crippen LogP contribution in [-0.2, 0) is 20.1 Å². The number of halogens is 1. The van der Waals surface area contributed by atoms with E-state index in [0.717, 1.165) is 62.3 Å². The molecule has 2 aromatic carbocycles. The van der Waals surface area contributed by atoms with E-state index in [1.54, 1.807) is 42.6 Å². The fourth-order valence-corrected chi connectivity index (χ4v) is 6.51. The summed E-state index contributed by atoms with van der Waals surface area (Å²) in [5.74, 6) is -0.192. The number of nitrogens with one attached hydrogen (secondary N) is 1. The van der Waals surface area contributed by atoms with Crippen LogP contribution in [0.25, 0.3) is 11.1 Å². The molecule has 6 rings (SSSR count). The van der Waals surface area contributed by atoms with E-state index >= 15 is 4.39 Å². The summed E-state index contributed by atoms with van der Waals surface area (Å²) >= 11 is 0. The lowest BCUT2D eigenvalue weighted by Crippen LogP contribution is -2.45. The highest BCUT2D eigenvalue weighted by molar-refractivity contribution is 6.09. The van der Waals surface area contributed by atoms with Gasteiger partial charge in [0.15, 0.2) is 0 Å². The van der Waals surface area contributed by atoms with E-state index in [2.05, 4.69) is 33.7 Å². The van der Waals surface area contributed by atoms with Crippen molar-refractivity contribution in [3.63, 3.8) is 0 Å². The fourth-order valence-electron chi connectivity index (χ4n) is 6.51. The van der Waals surface area contributed by atoms with Crippen molar-refractivity contribution in [2.75, 3.05) is 56.5 Å². The average Bonchev–Trinajstić information content (AvgIpc) is 3.91. The van der Waals surface area contributed by atoms with E-state index in [1.165, 1.54) is 10.6 Å². The number of pyridine rings is 1. The number of carbonyl (C=O) groups excluding carboxylic acids is 1. The number of aromatic nitrogens is 1. The molecule has 0 spiro atoms. The topological polar surface area (TPSA) is 93.4 Å². The summed E-state index contributed by atoms with van der Waals surface area (Å²) in [6.45, 7) is 10.9. The van der Waals surface area contributed by atoms with E-state index in [9.17, 15) is 14.7 Å². The standard InChI is InChI=1S/C37H43FN6O3/c1-5-25(21-43-15-13-41(3)14-16-43)20-39-24(2)40-33-19-29(22-42(4)36(33)46)30-7-6-8-34(31(30)23-45)44-12-11-27-17-28(26-9-10-26)18-32(38)35(27)37(44)47/h5-8,17-20,22,26,40,45H,2,9-16,21,23H2,1,3-4H3/b25-5+,39-20?. The second kappa shape index (κ2) is 13.8. The first-order chi connectivity index (χ1) is 22.7. The third-order valence-corrected chi connectivity index (χ3v) is 9.44. The Morgan fingerprint density at radius 2 is 1.87 bits per heavy atom. The molecule has 2 aliphatic heterocycles. The highest BCUT2D eigenvalue weighted by Gasteiger charge is 2.33. The van der Waals surface area contributed by atoms with Gasteiger partial charge in [-0.3, -0.25) is 14.5 Å². The molecule has 0 radical (unpaired) electrons. The molecular weight excluding hydrogens is 595 g/mol. The Balaban J connectivity index is 1.23. The summed E-state index contributed by atoms with van der Waals surface area (Å²) in [6.07, 6.45) is 8.14. The predicted molar refractivity (Wildman–Crippen MR) is 186 cm³/mol. The van der Waals surface area contributed by atoms with Crippen LogP contribution < -0.4 is 15.8 Å². The number of fused-ring (bicyclic) bond motifs is 1. The van der Waals surface area contributed by atoms with E-state index < -0.39 is 11.7 Å². The van der Waals surface area contributed by atoms with Gasteiger partial charge in [0, 0.05) is 69.9 Å². The van der Waals surface area contributed by atoms with Gasteiger partial charge in [-0.15, -0.1) is 0 Å². The number of aliphatic hydroxyl groups is 1. The molecular formula is C37H43FN6O3. The van der Waals surface area contributed by atoms with Gasteiger partial charge in [-0.05, 0) is 79.6 Å². The van der Waals surface area contributed by atoms with E-state index in [0.29, 0.717) is 47.1 Å². The van der Waals surface area contributed by atoms with E-state index in [4.69, 9.17) is 0 Å². The molecule has 3 aromatic rings. The lowest BCUT2D eigenvalue weighted by molar-refractivity contribution is 0.0976. The van der Waals surface area contributed by atoms with Crippen LogP contribution in [0.4, 0.5) is 15.8 Å². The molecule has 1 aromatic heterocycles. The van der Waals surface area contributed by atoms with Crippen molar-refractivity contribution in [2.24, 2.45) is 12.0 Å². The van der Waals surface area contributed by atoms with Crippen molar-refractivity contribution >= 4 is 23.5 Å². The first kappa shape index (κ1) is 32.6. The molecule has 1 saturated carbocycles. The zero-order valence-electron chi connectivity index (χ0n) is 27.4. The summed E-state index contributed by atoms with van der Waals surface area (Å²) in [7, 11) is 3.79. The van der Waals surface area contributed by atoms with Gasteiger partial charge >= 0.3 is 0 Å². The number of likely N-dealkylation sites (N-methyl/N-ethyl adjacent to an activating group) is 1. The SMILES string of the molecule is C=C(N=C/C(=C\C)CN1CCN(C)CC1)Nc1cc(-c2cccc(N3CCc4cc(C5CC5)cc(F)c4C3=O)c2CO)cn(C)c1=O. The van der Waals surface area contributed by atoms with Crippen LogP contribution in [0, 0.1) is 5.82 Å². The zero-order valence-corrected chi connectivity index (χ0v) is 27.4. The average molecular weight is 639 g/mol. The molecule has 9 nitrogen and oxygen atoms in total. The van der Waals surface area contributed by atoms with Crippen LogP contribution in [0.3, 0.4) is 0 Å². The number of aryl methyl sites for hydroxylation is 1. The highest BCUT2D eigenvalue weighted by atomic mass is 19.1. The van der Waals surface area contributed by atoms with Gasteiger partial charge < -0.3 is 24.8 Å². The summed E-state index contributed by atoms with van der Waals surface area (Å²) in [5.41, 5.74) is 5.24. The smallest absolute Gasteiger partial charge is 0.274 e. The minimum Gasteiger partial charge on any atom is -0.392 e. The summed E-state index contributed by atoms with van der Waals surface area (Å²) in [6, 6.07) is 10.6. The molecule has 3 aliphatic rings. The van der Waals surface area contributed by atoms with Crippen molar-refractivity contribution in [1.29, 1.82) is 0 Å². The van der Waals surface area contributed by atoms with Crippen LogP contribution >= 0.6 is 0 Å². The molecule has 246 valence electrons. The van der Waals surface area contributed by atoms with Crippen molar-refractivity contribution < 1.29 is 14.3 Å². The second-order valence-electron chi connectivity index (χ2n) is 12.8. The Morgan fingerprint density at radius 3 is 2.57 bits per heavy atom. The fraction of sp³-hybridized carbons (Fsp3) is 0.378. The lowest BCUT2D eigenvalue weighted by atomic mass is 9.92. The van der Waals surface area contributed by atoms with Crippen molar-refractivity contribution in [3.05, 3.63) is 105 Å². The molecule has 10 heteroatoms. The molecule has 1 amide bonds. The maximum atomic E-state index is 15.3. The van der Waals surface area contributed by atoms with Crippen LogP contribution in [0.1, 0.15) is 52.7 Å². The van der Waals surface area contributed by atoms with Gasteiger partial charge in [0.1, 0.15) is 17.3 Å². The number of amides is 1. The Morgan fingerprint density at radius 1 is 1.11 bits per heavy atom. The van der Waals surface area contributed by atoms with Crippen molar-refractivity contribution in [1.82, 2.24) is 14.4 Å². The number of nitrogens with zero attached hydrogens (tertiary/aromatic N) is 5. The molecule has 2 fully saturated rings. The Hall–Kier alpha value is -4.38. The molecule has 3 heterocycles. The first-order valence-electron chi connectivity index (χ1n) is 16.3. The number of benzene rings is 2. The number of aliphatic hydroxyl groups excluding tert-OH is 1. The third kappa shape index (κ3) is 7.00. The number of hydrogen-bond acceptors (Lipinski definition) is 7. The number of aliphatic imine (C=N–C) groups is 1. The number of rotatable bonds is 10. The van der Waals surface area contributed by atoms with Crippen molar-refractivity contribution in [3.8, 4) is 11.1 Å². The van der Waals surface area contributed by atoms with Crippen LogP contribution in [0.15, 0.2) is 76.4 Å². The maximum absolute atomic E-state index is 15.3. The number of piperazine rings is 1. The Kier molecular flexibility index (Phi) is 9.54. The quantitative estimate of drug-likeness (QED) is 0.307. The maximum Gasteiger partial charge on any atom is 0.274 e. The van der Waals surface area contributed by atoms with Crippen LogP contribution in [-0.4, -0.2) is 77.9 Å². The lowest BCUT2D eigenvalue weighted by Gasteiger charge is -2.32. The van der Waals surface area contributed by atoms with Gasteiger partial charge in [-0.1, -0.05) is 30.9 Å².